The number of benzene rings is 2. The van der Waals surface area contributed by atoms with Gasteiger partial charge in [0, 0.05) is 6.07 Å². The number of rotatable bonds is 5. The van der Waals surface area contributed by atoms with E-state index < -0.39 is 27.9 Å². The molecule has 21 heavy (non-hydrogen) atoms. The second kappa shape index (κ2) is 5.91. The van der Waals surface area contributed by atoms with Crippen molar-refractivity contribution in [3.8, 4) is 11.5 Å². The highest BCUT2D eigenvalue weighted by molar-refractivity contribution is 5.93. The maximum Gasteiger partial charge on any atom is 0.342 e. The fourth-order valence-electron chi connectivity index (χ4n) is 1.73. The smallest absolute Gasteiger partial charge is 0.342 e. The first kappa shape index (κ1) is 14.3. The van der Waals surface area contributed by atoms with E-state index in [2.05, 4.69) is 0 Å². The molecule has 0 saturated heterocycles. The van der Waals surface area contributed by atoms with E-state index >= 15 is 0 Å². The summed E-state index contributed by atoms with van der Waals surface area (Å²) >= 11 is 0. The van der Waals surface area contributed by atoms with Gasteiger partial charge in [-0.1, -0.05) is 30.3 Å². The third-order valence-electron chi connectivity index (χ3n) is 2.74. The number of aromatic hydroxyl groups is 1. The average molecular weight is 289 g/mol. The molecule has 0 aliphatic heterocycles. The van der Waals surface area contributed by atoms with Crippen LogP contribution in [-0.4, -0.2) is 21.1 Å². The van der Waals surface area contributed by atoms with E-state index in [4.69, 9.17) is 9.84 Å². The number of phenolic OH excluding ortho intramolecular Hbond substituents is 1. The monoisotopic (exact) mass is 289 g/mol. The molecule has 2 N–H and O–H groups in total. The van der Waals surface area contributed by atoms with Crippen molar-refractivity contribution < 1.29 is 24.7 Å². The Balaban J connectivity index is 2.30. The van der Waals surface area contributed by atoms with Gasteiger partial charge < -0.3 is 14.9 Å². The number of nitro groups is 1. The van der Waals surface area contributed by atoms with Crippen LogP contribution in [0, 0.1) is 10.1 Å². The van der Waals surface area contributed by atoms with Gasteiger partial charge in [-0.15, -0.1) is 0 Å². The number of nitrogens with zero attached hydrogens (tertiary/aromatic N) is 1. The summed E-state index contributed by atoms with van der Waals surface area (Å²) in [5, 5.41) is 29.5. The van der Waals surface area contributed by atoms with Gasteiger partial charge in [-0.2, -0.15) is 0 Å². The first-order valence-corrected chi connectivity index (χ1v) is 5.90. The van der Waals surface area contributed by atoms with Crippen LogP contribution in [-0.2, 0) is 6.61 Å². The van der Waals surface area contributed by atoms with Crippen LogP contribution in [0.2, 0.25) is 0 Å². The normalized spacial score (nSPS) is 10.1. The van der Waals surface area contributed by atoms with E-state index in [1.165, 1.54) is 0 Å². The van der Waals surface area contributed by atoms with E-state index in [1.54, 1.807) is 24.3 Å². The first-order chi connectivity index (χ1) is 9.99. The minimum atomic E-state index is -1.49. The number of hydrogen-bond donors (Lipinski definition) is 2. The molecule has 0 aliphatic carbocycles. The molecule has 2 aromatic carbocycles. The number of carboxylic acid groups (broad SMARTS) is 1. The van der Waals surface area contributed by atoms with E-state index in [0.717, 1.165) is 17.7 Å². The lowest BCUT2D eigenvalue weighted by molar-refractivity contribution is -0.385. The summed E-state index contributed by atoms with van der Waals surface area (Å²) < 4.78 is 5.30. The molecule has 0 radical (unpaired) electrons. The first-order valence-electron chi connectivity index (χ1n) is 5.90. The van der Waals surface area contributed by atoms with Crippen molar-refractivity contribution in [2.24, 2.45) is 0 Å². The highest BCUT2D eigenvalue weighted by atomic mass is 16.6. The largest absolute Gasteiger partial charge is 0.504 e. The molecular formula is C14H11NO6. The molecule has 0 aromatic heterocycles. The molecule has 0 bridgehead atoms. The Morgan fingerprint density at radius 2 is 1.90 bits per heavy atom. The molecular weight excluding hydrogens is 278 g/mol. The van der Waals surface area contributed by atoms with Gasteiger partial charge in [0.25, 0.3) is 5.69 Å². The van der Waals surface area contributed by atoms with Gasteiger partial charge in [0.05, 0.1) is 11.0 Å². The third kappa shape index (κ3) is 3.27. The van der Waals surface area contributed by atoms with Crippen molar-refractivity contribution in [1.82, 2.24) is 0 Å². The van der Waals surface area contributed by atoms with E-state index in [1.807, 2.05) is 6.07 Å². The number of carboxylic acids is 1. The maximum absolute atomic E-state index is 10.9. The molecule has 0 spiro atoms. The molecule has 108 valence electrons. The molecule has 7 heteroatoms. The molecule has 0 heterocycles. The van der Waals surface area contributed by atoms with Gasteiger partial charge in [0.1, 0.15) is 12.2 Å². The zero-order valence-corrected chi connectivity index (χ0v) is 10.7. The lowest BCUT2D eigenvalue weighted by Gasteiger charge is -2.09. The SMILES string of the molecule is O=C(O)c1cc(O)c(OCc2ccccc2)cc1[N+](=O)[O-]. The third-order valence-corrected chi connectivity index (χ3v) is 2.74. The number of ether oxygens (including phenoxy) is 1. The zero-order chi connectivity index (χ0) is 15.4. The minimum absolute atomic E-state index is 0.0952. The predicted molar refractivity (Wildman–Crippen MR) is 72.5 cm³/mol. The predicted octanol–water partition coefficient (Wildman–Crippen LogP) is 2.58. The van der Waals surface area contributed by atoms with Crippen molar-refractivity contribution in [3.05, 3.63) is 63.7 Å². The quantitative estimate of drug-likeness (QED) is 0.646. The molecule has 7 nitrogen and oxygen atoms in total. The van der Waals surface area contributed by atoms with Crippen LogP contribution in [0.5, 0.6) is 11.5 Å². The fraction of sp³-hybridized carbons (Fsp3) is 0.0714. The highest BCUT2D eigenvalue weighted by Gasteiger charge is 2.23. The number of phenols is 1. The Kier molecular flexibility index (Phi) is 4.03. The number of aromatic carboxylic acids is 1. The molecule has 0 atom stereocenters. The van der Waals surface area contributed by atoms with Crippen LogP contribution < -0.4 is 4.74 Å². The van der Waals surface area contributed by atoms with Crippen LogP contribution >= 0.6 is 0 Å². The maximum atomic E-state index is 10.9. The van der Waals surface area contributed by atoms with Gasteiger partial charge in [-0.25, -0.2) is 4.79 Å². The molecule has 0 saturated carbocycles. The fourth-order valence-corrected chi connectivity index (χ4v) is 1.73. The summed E-state index contributed by atoms with van der Waals surface area (Å²) in [6.45, 7) is 0.0952. The Labute approximate surface area is 119 Å². The molecule has 0 amide bonds. The van der Waals surface area contributed by atoms with Crippen LogP contribution in [0.25, 0.3) is 0 Å². The van der Waals surface area contributed by atoms with Crippen molar-refractivity contribution in [3.63, 3.8) is 0 Å². The summed E-state index contributed by atoms with van der Waals surface area (Å²) in [7, 11) is 0. The van der Waals surface area contributed by atoms with Crippen molar-refractivity contribution in [2.75, 3.05) is 0 Å². The van der Waals surface area contributed by atoms with Crippen LogP contribution in [0.4, 0.5) is 5.69 Å². The molecule has 0 fully saturated rings. The van der Waals surface area contributed by atoms with E-state index in [0.29, 0.717) is 0 Å². The topological polar surface area (TPSA) is 110 Å². The Morgan fingerprint density at radius 3 is 2.48 bits per heavy atom. The number of nitro benzene ring substituents is 1. The van der Waals surface area contributed by atoms with Gasteiger partial charge in [-0.05, 0) is 5.56 Å². The van der Waals surface area contributed by atoms with Crippen molar-refractivity contribution >= 4 is 11.7 Å². The summed E-state index contributed by atoms with van der Waals surface area (Å²) in [6.07, 6.45) is 0. The highest BCUT2D eigenvalue weighted by Crippen LogP contribution is 2.34. The lowest BCUT2D eigenvalue weighted by atomic mass is 10.1. The minimum Gasteiger partial charge on any atom is -0.504 e. The van der Waals surface area contributed by atoms with Gasteiger partial charge >= 0.3 is 5.97 Å². The summed E-state index contributed by atoms with van der Waals surface area (Å²) in [6, 6.07) is 10.7. The van der Waals surface area contributed by atoms with Gasteiger partial charge in [0.15, 0.2) is 11.5 Å². The molecule has 2 rings (SSSR count). The van der Waals surface area contributed by atoms with E-state index in [9.17, 15) is 20.0 Å². The second-order valence-electron chi connectivity index (χ2n) is 4.17. The van der Waals surface area contributed by atoms with Crippen molar-refractivity contribution in [1.29, 1.82) is 0 Å². The number of carbonyl (C=O) groups is 1. The Bertz CT molecular complexity index is 683. The van der Waals surface area contributed by atoms with Crippen molar-refractivity contribution in [2.45, 2.75) is 6.61 Å². The average Bonchev–Trinajstić information content (AvgIpc) is 2.46. The Hall–Kier alpha value is -3.09. The van der Waals surface area contributed by atoms with E-state index in [-0.39, 0.29) is 12.4 Å². The van der Waals surface area contributed by atoms with Crippen LogP contribution in [0.3, 0.4) is 0 Å². The Morgan fingerprint density at radius 1 is 1.24 bits per heavy atom. The summed E-state index contributed by atoms with van der Waals surface area (Å²) in [5.41, 5.74) is -0.421. The molecule has 0 unspecified atom stereocenters. The summed E-state index contributed by atoms with van der Waals surface area (Å²) in [5.74, 6) is -2.10. The second-order valence-corrected chi connectivity index (χ2v) is 4.17. The summed E-state index contributed by atoms with van der Waals surface area (Å²) in [4.78, 5) is 20.9. The standard InChI is InChI=1S/C14H11NO6/c16-12-6-10(14(17)18)11(15(19)20)7-13(12)21-8-9-4-2-1-3-5-9/h1-7,16H,8H2,(H,17,18). The lowest BCUT2D eigenvalue weighted by Crippen LogP contribution is -2.04. The van der Waals surface area contributed by atoms with Gasteiger partial charge in [0.2, 0.25) is 0 Å². The molecule has 0 aliphatic rings. The molecule has 2 aromatic rings. The van der Waals surface area contributed by atoms with Gasteiger partial charge in [-0.3, -0.25) is 10.1 Å². The van der Waals surface area contributed by atoms with Crippen LogP contribution in [0.1, 0.15) is 15.9 Å². The zero-order valence-electron chi connectivity index (χ0n) is 10.7. The van der Waals surface area contributed by atoms with Crippen LogP contribution in [0.15, 0.2) is 42.5 Å². The number of hydrogen-bond acceptors (Lipinski definition) is 5.